The number of hydrogen-bond acceptors (Lipinski definition) is 3. The van der Waals surface area contributed by atoms with Crippen molar-refractivity contribution in [2.24, 2.45) is 0 Å². The fourth-order valence-corrected chi connectivity index (χ4v) is 3.50. The molecular weight excluding hydrogens is 354 g/mol. The second-order valence-corrected chi connectivity index (χ2v) is 7.41. The number of hydrogen-bond donors (Lipinski definition) is 1. The minimum Gasteiger partial charge on any atom is -0.494 e. The van der Waals surface area contributed by atoms with Gasteiger partial charge in [-0.15, -0.1) is 11.8 Å². The van der Waals surface area contributed by atoms with E-state index >= 15 is 0 Å². The van der Waals surface area contributed by atoms with Crippen molar-refractivity contribution in [2.45, 2.75) is 43.4 Å². The van der Waals surface area contributed by atoms with Crippen molar-refractivity contribution in [3.63, 3.8) is 0 Å². The number of carbonyl (C=O) groups excluding carboxylic acids is 1. The van der Waals surface area contributed by atoms with Crippen LogP contribution in [-0.2, 0) is 4.79 Å². The number of carbonyl (C=O) groups is 1. The number of halogens is 1. The van der Waals surface area contributed by atoms with Gasteiger partial charge in [-0.2, -0.15) is 0 Å². The summed E-state index contributed by atoms with van der Waals surface area (Å²) >= 11 is 7.48. The van der Waals surface area contributed by atoms with Crippen molar-refractivity contribution in [2.75, 3.05) is 6.61 Å². The molecule has 0 aliphatic heterocycles. The summed E-state index contributed by atoms with van der Waals surface area (Å²) in [5.41, 5.74) is 1.06. The van der Waals surface area contributed by atoms with Crippen molar-refractivity contribution < 1.29 is 9.53 Å². The van der Waals surface area contributed by atoms with Crippen molar-refractivity contribution >= 4 is 29.3 Å². The molecule has 1 N–H and O–H groups in total. The van der Waals surface area contributed by atoms with Gasteiger partial charge in [0.1, 0.15) is 5.75 Å². The van der Waals surface area contributed by atoms with E-state index in [4.69, 9.17) is 16.3 Å². The first kappa shape index (κ1) is 19.7. The van der Waals surface area contributed by atoms with Crippen LogP contribution >= 0.6 is 23.4 Å². The largest absolute Gasteiger partial charge is 0.494 e. The quantitative estimate of drug-likeness (QED) is 0.618. The second kappa shape index (κ2) is 9.73. The van der Waals surface area contributed by atoms with Crippen molar-refractivity contribution in [3.8, 4) is 5.75 Å². The summed E-state index contributed by atoms with van der Waals surface area (Å²) in [5.74, 6) is 0.887. The minimum atomic E-state index is -0.133. The smallest absolute Gasteiger partial charge is 0.233 e. The Kier molecular flexibility index (Phi) is 7.66. The standard InChI is InChI=1S/C20H24ClNO2S/c1-4-19(25-18-12-8-16(21)9-13-18)20(23)22-14(3)15-6-10-17(11-7-15)24-5-2/h6-14,19H,4-5H2,1-3H3,(H,22,23)/t14-,19+/m1/s1. The molecule has 2 aromatic carbocycles. The molecule has 1 amide bonds. The molecule has 0 bridgehead atoms. The molecule has 25 heavy (non-hydrogen) atoms. The molecule has 2 aromatic rings. The maximum atomic E-state index is 12.6. The maximum Gasteiger partial charge on any atom is 0.233 e. The number of thioether (sulfide) groups is 1. The molecule has 0 aromatic heterocycles. The highest BCUT2D eigenvalue weighted by atomic mass is 35.5. The summed E-state index contributed by atoms with van der Waals surface area (Å²) < 4.78 is 5.45. The maximum absolute atomic E-state index is 12.6. The Bertz CT molecular complexity index is 673. The molecule has 0 unspecified atom stereocenters. The molecule has 0 radical (unpaired) electrons. The van der Waals surface area contributed by atoms with Crippen LogP contribution < -0.4 is 10.1 Å². The summed E-state index contributed by atoms with van der Waals surface area (Å²) in [6.45, 7) is 6.62. The van der Waals surface area contributed by atoms with Gasteiger partial charge < -0.3 is 10.1 Å². The molecule has 0 heterocycles. The van der Waals surface area contributed by atoms with Crippen LogP contribution in [0.15, 0.2) is 53.4 Å². The highest BCUT2D eigenvalue weighted by Gasteiger charge is 2.20. The van der Waals surface area contributed by atoms with Gasteiger partial charge in [-0.3, -0.25) is 4.79 Å². The first-order chi connectivity index (χ1) is 12.0. The summed E-state index contributed by atoms with van der Waals surface area (Å²) in [5, 5.41) is 3.67. The average molecular weight is 378 g/mol. The molecule has 134 valence electrons. The van der Waals surface area contributed by atoms with Crippen molar-refractivity contribution in [1.82, 2.24) is 5.32 Å². The van der Waals surface area contributed by atoms with E-state index < -0.39 is 0 Å². The fraction of sp³-hybridized carbons (Fsp3) is 0.350. The molecule has 0 aliphatic rings. The van der Waals surface area contributed by atoms with E-state index in [9.17, 15) is 4.79 Å². The zero-order valence-corrected chi connectivity index (χ0v) is 16.4. The minimum absolute atomic E-state index is 0.0452. The van der Waals surface area contributed by atoms with E-state index in [-0.39, 0.29) is 17.2 Å². The van der Waals surface area contributed by atoms with Crippen LogP contribution in [0.2, 0.25) is 5.02 Å². The van der Waals surface area contributed by atoms with E-state index in [1.54, 1.807) is 11.8 Å². The van der Waals surface area contributed by atoms with Crippen LogP contribution in [0, 0.1) is 0 Å². The van der Waals surface area contributed by atoms with Gasteiger partial charge >= 0.3 is 0 Å². The lowest BCUT2D eigenvalue weighted by Crippen LogP contribution is -2.34. The summed E-state index contributed by atoms with van der Waals surface area (Å²) in [6, 6.07) is 15.4. The second-order valence-electron chi connectivity index (χ2n) is 5.70. The zero-order chi connectivity index (χ0) is 18.2. The lowest BCUT2D eigenvalue weighted by Gasteiger charge is -2.19. The highest BCUT2D eigenvalue weighted by molar-refractivity contribution is 8.00. The fourth-order valence-electron chi connectivity index (χ4n) is 2.41. The molecule has 2 atom stereocenters. The van der Waals surface area contributed by atoms with Gasteiger partial charge in [0, 0.05) is 9.92 Å². The molecular formula is C20H24ClNO2S. The Morgan fingerprint density at radius 3 is 2.32 bits per heavy atom. The number of rotatable bonds is 8. The van der Waals surface area contributed by atoms with Crippen LogP contribution in [0.1, 0.15) is 38.8 Å². The van der Waals surface area contributed by atoms with Crippen LogP contribution in [0.25, 0.3) is 0 Å². The van der Waals surface area contributed by atoms with E-state index in [0.29, 0.717) is 11.6 Å². The van der Waals surface area contributed by atoms with Crippen LogP contribution in [0.5, 0.6) is 5.75 Å². The number of nitrogens with one attached hydrogen (secondary N) is 1. The van der Waals surface area contributed by atoms with E-state index in [2.05, 4.69) is 5.32 Å². The normalized spacial score (nSPS) is 13.1. The van der Waals surface area contributed by atoms with Gasteiger partial charge in [0.05, 0.1) is 17.9 Å². The first-order valence-electron chi connectivity index (χ1n) is 8.48. The number of ether oxygens (including phenoxy) is 1. The Morgan fingerprint density at radius 1 is 1.12 bits per heavy atom. The Balaban J connectivity index is 1.96. The number of benzene rings is 2. The highest BCUT2D eigenvalue weighted by Crippen LogP contribution is 2.27. The number of amides is 1. The molecule has 0 fully saturated rings. The molecule has 0 saturated heterocycles. The van der Waals surface area contributed by atoms with Crippen LogP contribution in [-0.4, -0.2) is 17.8 Å². The van der Waals surface area contributed by atoms with E-state index in [0.717, 1.165) is 22.6 Å². The van der Waals surface area contributed by atoms with Gasteiger partial charge in [-0.05, 0) is 62.2 Å². The summed E-state index contributed by atoms with van der Waals surface area (Å²) in [7, 11) is 0. The van der Waals surface area contributed by atoms with Crippen LogP contribution in [0.4, 0.5) is 0 Å². The SMILES string of the molecule is CCOc1ccc([C@@H](C)NC(=O)[C@H](CC)Sc2ccc(Cl)cc2)cc1. The van der Waals surface area contributed by atoms with Gasteiger partial charge in [0.15, 0.2) is 0 Å². The summed E-state index contributed by atoms with van der Waals surface area (Å²) in [6.07, 6.45) is 0.759. The van der Waals surface area contributed by atoms with Gasteiger partial charge in [0.2, 0.25) is 5.91 Å². The Labute approximate surface area is 159 Å². The van der Waals surface area contributed by atoms with E-state index in [1.807, 2.05) is 69.3 Å². The lowest BCUT2D eigenvalue weighted by molar-refractivity contribution is -0.121. The zero-order valence-electron chi connectivity index (χ0n) is 14.8. The molecule has 0 spiro atoms. The third kappa shape index (κ3) is 5.98. The van der Waals surface area contributed by atoms with Gasteiger partial charge in [-0.1, -0.05) is 30.7 Å². The van der Waals surface area contributed by atoms with Crippen molar-refractivity contribution in [1.29, 1.82) is 0 Å². The third-order valence-electron chi connectivity index (χ3n) is 3.81. The third-order valence-corrected chi connectivity index (χ3v) is 5.43. The molecule has 2 rings (SSSR count). The predicted molar refractivity (Wildman–Crippen MR) is 106 cm³/mol. The van der Waals surface area contributed by atoms with Gasteiger partial charge in [0.25, 0.3) is 0 Å². The molecule has 3 nitrogen and oxygen atoms in total. The molecule has 0 aliphatic carbocycles. The Hall–Kier alpha value is -1.65. The molecule has 0 saturated carbocycles. The average Bonchev–Trinajstić information content (AvgIpc) is 2.62. The topological polar surface area (TPSA) is 38.3 Å². The summed E-state index contributed by atoms with van der Waals surface area (Å²) in [4.78, 5) is 13.7. The first-order valence-corrected chi connectivity index (χ1v) is 9.74. The van der Waals surface area contributed by atoms with E-state index in [1.165, 1.54) is 0 Å². The van der Waals surface area contributed by atoms with Crippen molar-refractivity contribution in [3.05, 3.63) is 59.1 Å². The monoisotopic (exact) mass is 377 g/mol. The van der Waals surface area contributed by atoms with Gasteiger partial charge in [-0.25, -0.2) is 0 Å². The van der Waals surface area contributed by atoms with Crippen LogP contribution in [0.3, 0.4) is 0 Å². The Morgan fingerprint density at radius 2 is 1.76 bits per heavy atom. The molecule has 5 heteroatoms. The predicted octanol–water partition coefficient (Wildman–Crippen LogP) is 5.49. The lowest BCUT2D eigenvalue weighted by atomic mass is 10.1.